The molecule has 0 aromatic heterocycles. The van der Waals surface area contributed by atoms with Gasteiger partial charge in [-0.1, -0.05) is 0 Å². The maximum absolute atomic E-state index is 11.4. The van der Waals surface area contributed by atoms with Crippen molar-refractivity contribution in [2.24, 2.45) is 16.8 Å². The molecule has 2 unspecified atom stereocenters. The number of hydrogen-bond donors (Lipinski definition) is 0. The van der Waals surface area contributed by atoms with E-state index in [4.69, 9.17) is 4.74 Å². The fourth-order valence-electron chi connectivity index (χ4n) is 1.50. The second-order valence-corrected chi connectivity index (χ2v) is 3.33. The van der Waals surface area contributed by atoms with Gasteiger partial charge in [-0.3, -0.25) is 14.6 Å². The van der Waals surface area contributed by atoms with Gasteiger partial charge < -0.3 is 9.47 Å². The summed E-state index contributed by atoms with van der Waals surface area (Å²) in [7, 11) is 1.33. The van der Waals surface area contributed by atoms with Crippen molar-refractivity contribution in [2.45, 2.75) is 13.3 Å². The third-order valence-corrected chi connectivity index (χ3v) is 2.27. The summed E-state index contributed by atoms with van der Waals surface area (Å²) in [6.07, 6.45) is 1.98. The number of carbonyl (C=O) groups is 2. The van der Waals surface area contributed by atoms with E-state index in [1.807, 2.05) is 0 Å². The first-order valence-corrected chi connectivity index (χ1v) is 4.93. The lowest BCUT2D eigenvalue weighted by atomic mass is 9.93. The van der Waals surface area contributed by atoms with Crippen LogP contribution in [0.1, 0.15) is 13.3 Å². The maximum Gasteiger partial charge on any atom is 0.314 e. The van der Waals surface area contributed by atoms with Gasteiger partial charge in [0.2, 0.25) is 0 Å². The van der Waals surface area contributed by atoms with E-state index in [-0.39, 0.29) is 17.9 Å². The lowest BCUT2D eigenvalue weighted by Gasteiger charge is -2.20. The highest BCUT2D eigenvalue weighted by molar-refractivity contribution is 5.91. The lowest BCUT2D eigenvalue weighted by molar-refractivity contribution is -0.149. The van der Waals surface area contributed by atoms with Gasteiger partial charge in [0.15, 0.2) is 0 Å². The van der Waals surface area contributed by atoms with E-state index in [2.05, 4.69) is 9.73 Å². The molecule has 1 heterocycles. The number of methoxy groups -OCH3 is 1. The van der Waals surface area contributed by atoms with Gasteiger partial charge in [0.1, 0.15) is 0 Å². The largest absolute Gasteiger partial charge is 0.469 e. The van der Waals surface area contributed by atoms with E-state index in [0.717, 1.165) is 0 Å². The second-order valence-electron chi connectivity index (χ2n) is 3.33. The Bertz CT molecular complexity index is 275. The number of esters is 2. The molecule has 0 fully saturated rings. The predicted molar refractivity (Wildman–Crippen MR) is 53.6 cm³/mol. The predicted octanol–water partition coefficient (Wildman–Crippen LogP) is 0.429. The lowest BCUT2D eigenvalue weighted by Crippen LogP contribution is -2.31. The van der Waals surface area contributed by atoms with Crippen LogP contribution >= 0.6 is 0 Å². The van der Waals surface area contributed by atoms with E-state index < -0.39 is 5.92 Å². The minimum Gasteiger partial charge on any atom is -0.469 e. The van der Waals surface area contributed by atoms with Gasteiger partial charge >= 0.3 is 11.9 Å². The third kappa shape index (κ3) is 3.04. The number of hydrogen-bond acceptors (Lipinski definition) is 5. The molecule has 1 aliphatic rings. The summed E-state index contributed by atoms with van der Waals surface area (Å²) in [6.45, 7) is 2.48. The monoisotopic (exact) mass is 213 g/mol. The molecule has 0 aromatic carbocycles. The summed E-state index contributed by atoms with van der Waals surface area (Å²) in [5.74, 6) is -1.38. The van der Waals surface area contributed by atoms with Crippen molar-refractivity contribution in [3.05, 3.63) is 0 Å². The highest BCUT2D eigenvalue weighted by Crippen LogP contribution is 2.19. The maximum atomic E-state index is 11.4. The van der Waals surface area contributed by atoms with Crippen LogP contribution in [0.4, 0.5) is 0 Å². The molecule has 0 spiro atoms. The van der Waals surface area contributed by atoms with Gasteiger partial charge in [0.25, 0.3) is 0 Å². The zero-order valence-electron chi connectivity index (χ0n) is 8.93. The van der Waals surface area contributed by atoms with Crippen LogP contribution < -0.4 is 0 Å². The molecule has 0 saturated heterocycles. The smallest absolute Gasteiger partial charge is 0.314 e. The summed E-state index contributed by atoms with van der Waals surface area (Å²) in [6, 6.07) is 0. The molecule has 0 amide bonds. The summed E-state index contributed by atoms with van der Waals surface area (Å²) in [4.78, 5) is 26.6. The van der Waals surface area contributed by atoms with Gasteiger partial charge in [-0.2, -0.15) is 0 Å². The van der Waals surface area contributed by atoms with Crippen molar-refractivity contribution in [1.82, 2.24) is 0 Å². The van der Waals surface area contributed by atoms with Crippen LogP contribution in [-0.2, 0) is 19.1 Å². The molecule has 2 atom stereocenters. The quantitative estimate of drug-likeness (QED) is 0.638. The van der Waals surface area contributed by atoms with E-state index in [1.54, 1.807) is 13.1 Å². The van der Waals surface area contributed by atoms with Crippen LogP contribution in [-0.4, -0.2) is 38.4 Å². The molecule has 0 aliphatic carbocycles. The van der Waals surface area contributed by atoms with Crippen molar-refractivity contribution < 1.29 is 19.1 Å². The van der Waals surface area contributed by atoms with Crippen molar-refractivity contribution in [1.29, 1.82) is 0 Å². The topological polar surface area (TPSA) is 65.0 Å². The Labute approximate surface area is 88.5 Å². The molecular formula is C10H15NO4. The third-order valence-electron chi connectivity index (χ3n) is 2.27. The fourth-order valence-corrected chi connectivity index (χ4v) is 1.50. The van der Waals surface area contributed by atoms with Crippen LogP contribution in [0.25, 0.3) is 0 Å². The Balaban J connectivity index is 2.56. The van der Waals surface area contributed by atoms with Crippen LogP contribution in [0.15, 0.2) is 4.99 Å². The number of carbonyl (C=O) groups excluding carboxylic acids is 2. The van der Waals surface area contributed by atoms with E-state index in [1.165, 1.54) is 7.11 Å². The zero-order valence-corrected chi connectivity index (χ0v) is 8.93. The van der Waals surface area contributed by atoms with Gasteiger partial charge in [-0.25, -0.2) is 0 Å². The average molecular weight is 213 g/mol. The summed E-state index contributed by atoms with van der Waals surface area (Å²) in [5, 5.41) is 0. The standard InChI is InChI=1S/C10H15NO4/c1-3-15-10(13)8-4-7(5-11-6-8)9(12)14-2/h6-8H,3-5H2,1-2H3. The molecule has 0 bridgehead atoms. The van der Waals surface area contributed by atoms with Crippen LogP contribution in [0, 0.1) is 11.8 Å². The van der Waals surface area contributed by atoms with Gasteiger partial charge in [0.05, 0.1) is 32.1 Å². The number of aliphatic imine (C=N–C) groups is 1. The van der Waals surface area contributed by atoms with E-state index in [0.29, 0.717) is 19.6 Å². The van der Waals surface area contributed by atoms with Crippen LogP contribution in [0.2, 0.25) is 0 Å². The number of nitrogens with zero attached hydrogens (tertiary/aromatic N) is 1. The van der Waals surface area contributed by atoms with Crippen molar-refractivity contribution in [2.75, 3.05) is 20.3 Å². The zero-order chi connectivity index (χ0) is 11.3. The normalized spacial score (nSPS) is 24.7. The molecule has 0 radical (unpaired) electrons. The van der Waals surface area contributed by atoms with Crippen LogP contribution in [0.5, 0.6) is 0 Å². The minimum absolute atomic E-state index is 0.318. The van der Waals surface area contributed by atoms with Gasteiger partial charge in [-0.15, -0.1) is 0 Å². The first-order valence-electron chi connectivity index (χ1n) is 4.93. The molecular weight excluding hydrogens is 198 g/mol. The Morgan fingerprint density at radius 2 is 2.20 bits per heavy atom. The van der Waals surface area contributed by atoms with E-state index in [9.17, 15) is 9.59 Å². The van der Waals surface area contributed by atoms with Crippen LogP contribution in [0.3, 0.4) is 0 Å². The molecule has 1 rings (SSSR count). The second kappa shape index (κ2) is 5.48. The highest BCUT2D eigenvalue weighted by Gasteiger charge is 2.30. The summed E-state index contributed by atoms with van der Waals surface area (Å²) < 4.78 is 9.47. The molecule has 0 aromatic rings. The Morgan fingerprint density at radius 3 is 2.80 bits per heavy atom. The SMILES string of the molecule is CCOC(=O)C1C=NCC(C(=O)OC)C1. The molecule has 5 heteroatoms. The average Bonchev–Trinajstić information content (AvgIpc) is 2.28. The Hall–Kier alpha value is -1.39. The van der Waals surface area contributed by atoms with Crippen molar-refractivity contribution in [3.63, 3.8) is 0 Å². The van der Waals surface area contributed by atoms with Crippen molar-refractivity contribution >= 4 is 18.2 Å². The molecule has 1 aliphatic heterocycles. The Morgan fingerprint density at radius 1 is 1.47 bits per heavy atom. The number of rotatable bonds is 3. The minimum atomic E-state index is -0.414. The molecule has 84 valence electrons. The highest BCUT2D eigenvalue weighted by atomic mass is 16.5. The summed E-state index contributed by atoms with van der Waals surface area (Å²) in [5.41, 5.74) is 0. The number of ether oxygens (including phenoxy) is 2. The Kier molecular flexibility index (Phi) is 4.27. The van der Waals surface area contributed by atoms with Crippen molar-refractivity contribution in [3.8, 4) is 0 Å². The molecule has 5 nitrogen and oxygen atoms in total. The molecule has 15 heavy (non-hydrogen) atoms. The van der Waals surface area contributed by atoms with Gasteiger partial charge in [-0.05, 0) is 13.3 Å². The molecule has 0 saturated carbocycles. The van der Waals surface area contributed by atoms with E-state index >= 15 is 0 Å². The van der Waals surface area contributed by atoms with Gasteiger partial charge in [0, 0.05) is 6.21 Å². The first-order chi connectivity index (χ1) is 7.19. The fraction of sp³-hybridized carbons (Fsp3) is 0.700. The summed E-state index contributed by atoms with van der Waals surface area (Å²) >= 11 is 0. The molecule has 0 N–H and O–H groups in total. The first kappa shape index (κ1) is 11.7.